The molecule has 17 heavy (non-hydrogen) atoms. The minimum Gasteiger partial charge on any atom is -0.481 e. The van der Waals surface area contributed by atoms with Crippen molar-refractivity contribution >= 4 is 11.9 Å². The topological polar surface area (TPSA) is 83.6 Å². The highest BCUT2D eigenvalue weighted by molar-refractivity contribution is 5.82. The molecule has 1 aliphatic heterocycles. The molecular formula is C12H22N2O3. The van der Waals surface area contributed by atoms with Crippen LogP contribution in [0.3, 0.4) is 0 Å². The first-order chi connectivity index (χ1) is 7.84. The molecule has 0 aromatic rings. The maximum Gasteiger partial charge on any atom is 0.306 e. The van der Waals surface area contributed by atoms with Crippen LogP contribution >= 0.6 is 0 Å². The summed E-state index contributed by atoms with van der Waals surface area (Å²) >= 11 is 0. The third kappa shape index (κ3) is 3.19. The third-order valence-corrected chi connectivity index (χ3v) is 3.51. The second kappa shape index (κ2) is 5.49. The fraction of sp³-hybridized carbons (Fsp3) is 0.833. The monoisotopic (exact) mass is 242 g/mol. The lowest BCUT2D eigenvalue weighted by molar-refractivity contribution is -0.148. The number of rotatable bonds is 3. The molecule has 0 bridgehead atoms. The molecule has 1 aliphatic rings. The van der Waals surface area contributed by atoms with E-state index >= 15 is 0 Å². The molecule has 5 nitrogen and oxygen atoms in total. The molecular weight excluding hydrogens is 220 g/mol. The number of likely N-dealkylation sites (tertiary alicyclic amines) is 1. The van der Waals surface area contributed by atoms with Crippen LogP contribution in [0.25, 0.3) is 0 Å². The average molecular weight is 242 g/mol. The molecule has 1 heterocycles. The van der Waals surface area contributed by atoms with E-state index in [-0.39, 0.29) is 23.8 Å². The Morgan fingerprint density at radius 1 is 1.41 bits per heavy atom. The first-order valence-corrected chi connectivity index (χ1v) is 6.13. The van der Waals surface area contributed by atoms with Crippen LogP contribution < -0.4 is 5.73 Å². The Bertz CT molecular complexity index is 304. The molecule has 0 spiro atoms. The average Bonchev–Trinajstić information content (AvgIpc) is 2.26. The van der Waals surface area contributed by atoms with E-state index in [9.17, 15) is 9.59 Å². The number of nitrogens with zero attached hydrogens (tertiary/aromatic N) is 1. The smallest absolute Gasteiger partial charge is 0.306 e. The molecule has 3 atom stereocenters. The number of hydrogen-bond acceptors (Lipinski definition) is 3. The van der Waals surface area contributed by atoms with Crippen molar-refractivity contribution in [3.05, 3.63) is 0 Å². The fourth-order valence-corrected chi connectivity index (χ4v) is 2.20. The number of carbonyl (C=O) groups excluding carboxylic acids is 1. The summed E-state index contributed by atoms with van der Waals surface area (Å²) in [7, 11) is 0. The van der Waals surface area contributed by atoms with Gasteiger partial charge in [0, 0.05) is 12.6 Å². The summed E-state index contributed by atoms with van der Waals surface area (Å²) in [4.78, 5) is 24.7. The Labute approximate surface area is 102 Å². The van der Waals surface area contributed by atoms with Crippen molar-refractivity contribution in [2.24, 2.45) is 17.6 Å². The second-order valence-electron chi connectivity index (χ2n) is 5.21. The SMILES string of the molecule is CC(C)[C@@H](N)C(=O)N1CCC(C(=O)O)CC1C. The van der Waals surface area contributed by atoms with Gasteiger partial charge >= 0.3 is 5.97 Å². The van der Waals surface area contributed by atoms with Gasteiger partial charge in [-0.2, -0.15) is 0 Å². The zero-order valence-corrected chi connectivity index (χ0v) is 10.7. The molecule has 0 saturated carbocycles. The number of piperidine rings is 1. The molecule has 0 radical (unpaired) electrons. The van der Waals surface area contributed by atoms with Crippen LogP contribution in [-0.2, 0) is 9.59 Å². The molecule has 2 unspecified atom stereocenters. The molecule has 3 N–H and O–H groups in total. The number of hydrogen-bond donors (Lipinski definition) is 2. The number of amides is 1. The van der Waals surface area contributed by atoms with E-state index < -0.39 is 12.0 Å². The van der Waals surface area contributed by atoms with Crippen LogP contribution in [0.1, 0.15) is 33.6 Å². The minimum absolute atomic E-state index is 0.0397. The minimum atomic E-state index is -0.767. The summed E-state index contributed by atoms with van der Waals surface area (Å²) in [6.45, 7) is 6.21. The predicted molar refractivity (Wildman–Crippen MR) is 64.3 cm³/mol. The standard InChI is InChI=1S/C12H22N2O3/c1-7(2)10(13)11(15)14-5-4-9(12(16)17)6-8(14)3/h7-10H,4-6,13H2,1-3H3,(H,16,17)/t8?,9?,10-/m1/s1. The van der Waals surface area contributed by atoms with E-state index in [1.165, 1.54) is 0 Å². The Morgan fingerprint density at radius 3 is 2.41 bits per heavy atom. The van der Waals surface area contributed by atoms with Gasteiger partial charge in [0.15, 0.2) is 0 Å². The van der Waals surface area contributed by atoms with Gasteiger partial charge in [-0.1, -0.05) is 13.8 Å². The van der Waals surface area contributed by atoms with Crippen LogP contribution in [-0.4, -0.2) is 40.5 Å². The molecule has 1 fully saturated rings. The summed E-state index contributed by atoms with van der Waals surface area (Å²) in [5.41, 5.74) is 5.84. The fourth-order valence-electron chi connectivity index (χ4n) is 2.20. The van der Waals surface area contributed by atoms with E-state index in [4.69, 9.17) is 10.8 Å². The molecule has 98 valence electrons. The lowest BCUT2D eigenvalue weighted by Crippen LogP contribution is -2.53. The van der Waals surface area contributed by atoms with Crippen LogP contribution in [0.15, 0.2) is 0 Å². The molecule has 1 saturated heterocycles. The van der Waals surface area contributed by atoms with Crippen molar-refractivity contribution in [3.8, 4) is 0 Å². The molecule has 0 aliphatic carbocycles. The predicted octanol–water partition coefficient (Wildman–Crippen LogP) is 0.681. The summed E-state index contributed by atoms with van der Waals surface area (Å²) in [6, 6.07) is -0.527. The second-order valence-corrected chi connectivity index (χ2v) is 5.21. The largest absolute Gasteiger partial charge is 0.481 e. The molecule has 1 amide bonds. The quantitative estimate of drug-likeness (QED) is 0.762. The summed E-state index contributed by atoms with van der Waals surface area (Å²) < 4.78 is 0. The van der Waals surface area contributed by atoms with Crippen LogP contribution in [0.2, 0.25) is 0 Å². The Kier molecular flexibility index (Phi) is 4.51. The van der Waals surface area contributed by atoms with E-state index in [0.717, 1.165) is 0 Å². The molecule has 1 rings (SSSR count). The van der Waals surface area contributed by atoms with Gasteiger partial charge < -0.3 is 15.7 Å². The maximum atomic E-state index is 12.1. The van der Waals surface area contributed by atoms with Gasteiger partial charge in [0.05, 0.1) is 12.0 Å². The lowest BCUT2D eigenvalue weighted by Gasteiger charge is -2.38. The Morgan fingerprint density at radius 2 is 2.00 bits per heavy atom. The van der Waals surface area contributed by atoms with Crippen LogP contribution in [0, 0.1) is 11.8 Å². The zero-order valence-electron chi connectivity index (χ0n) is 10.7. The van der Waals surface area contributed by atoms with Gasteiger partial charge in [-0.15, -0.1) is 0 Å². The van der Waals surface area contributed by atoms with Crippen molar-refractivity contribution in [2.45, 2.75) is 45.7 Å². The maximum absolute atomic E-state index is 12.1. The zero-order chi connectivity index (χ0) is 13.2. The number of nitrogens with two attached hydrogens (primary N) is 1. The van der Waals surface area contributed by atoms with Crippen molar-refractivity contribution in [3.63, 3.8) is 0 Å². The third-order valence-electron chi connectivity index (χ3n) is 3.51. The Hall–Kier alpha value is -1.10. The lowest BCUT2D eigenvalue weighted by atomic mass is 9.90. The molecule has 5 heteroatoms. The van der Waals surface area contributed by atoms with Crippen molar-refractivity contribution < 1.29 is 14.7 Å². The number of aliphatic carboxylic acids is 1. The highest BCUT2D eigenvalue weighted by atomic mass is 16.4. The Balaban J connectivity index is 2.63. The van der Waals surface area contributed by atoms with Crippen molar-refractivity contribution in [2.75, 3.05) is 6.54 Å². The first kappa shape index (κ1) is 14.0. The van der Waals surface area contributed by atoms with Crippen molar-refractivity contribution in [1.29, 1.82) is 0 Å². The van der Waals surface area contributed by atoms with Crippen LogP contribution in [0.5, 0.6) is 0 Å². The van der Waals surface area contributed by atoms with E-state index in [2.05, 4.69) is 0 Å². The molecule has 0 aromatic heterocycles. The molecule has 0 aromatic carbocycles. The van der Waals surface area contributed by atoms with E-state index in [0.29, 0.717) is 19.4 Å². The van der Waals surface area contributed by atoms with Gasteiger partial charge in [0.2, 0.25) is 5.91 Å². The van der Waals surface area contributed by atoms with E-state index in [1.54, 1.807) is 4.90 Å². The summed E-state index contributed by atoms with van der Waals surface area (Å²) in [5, 5.41) is 8.95. The summed E-state index contributed by atoms with van der Waals surface area (Å²) in [6.07, 6.45) is 1.04. The van der Waals surface area contributed by atoms with Crippen LogP contribution in [0.4, 0.5) is 0 Å². The first-order valence-electron chi connectivity index (χ1n) is 6.13. The van der Waals surface area contributed by atoms with Gasteiger partial charge in [-0.05, 0) is 25.7 Å². The van der Waals surface area contributed by atoms with Gasteiger partial charge in [0.25, 0.3) is 0 Å². The number of carboxylic acid groups (broad SMARTS) is 1. The van der Waals surface area contributed by atoms with Crippen molar-refractivity contribution in [1.82, 2.24) is 4.90 Å². The number of carboxylic acids is 1. The van der Waals surface area contributed by atoms with Gasteiger partial charge in [0.1, 0.15) is 0 Å². The summed E-state index contributed by atoms with van der Waals surface area (Å²) in [5.74, 6) is -1.05. The normalized spacial score (nSPS) is 27.0. The highest BCUT2D eigenvalue weighted by Gasteiger charge is 2.34. The van der Waals surface area contributed by atoms with Gasteiger partial charge in [-0.3, -0.25) is 9.59 Å². The van der Waals surface area contributed by atoms with E-state index in [1.807, 2.05) is 20.8 Å². The number of carbonyl (C=O) groups is 2. The van der Waals surface area contributed by atoms with Gasteiger partial charge in [-0.25, -0.2) is 0 Å². The highest BCUT2D eigenvalue weighted by Crippen LogP contribution is 2.24.